The van der Waals surface area contributed by atoms with Gasteiger partial charge in [0.05, 0.1) is 11.8 Å². The Bertz CT molecular complexity index is 422. The van der Waals surface area contributed by atoms with Gasteiger partial charge in [-0.3, -0.25) is 9.59 Å². The standard InChI is InChI=1S/C22H40O4/c1-5-7-8-10-17(9-6-2)15-16-22(3,4)26-21(25)19-13-11-18(12-14-19)20(23)24/h17-19H,5-16H2,1-4H3,(H,23,24). The van der Waals surface area contributed by atoms with Gasteiger partial charge in [0, 0.05) is 0 Å². The maximum Gasteiger partial charge on any atom is 0.309 e. The fourth-order valence-electron chi connectivity index (χ4n) is 4.06. The number of unbranched alkanes of at least 4 members (excludes halogenated alkanes) is 2. The van der Waals surface area contributed by atoms with Crippen LogP contribution in [0.15, 0.2) is 0 Å². The molecule has 1 aliphatic rings. The van der Waals surface area contributed by atoms with Gasteiger partial charge < -0.3 is 9.84 Å². The fraction of sp³-hybridized carbons (Fsp3) is 0.909. The maximum atomic E-state index is 12.5. The summed E-state index contributed by atoms with van der Waals surface area (Å²) in [5, 5.41) is 9.08. The van der Waals surface area contributed by atoms with Crippen molar-refractivity contribution in [1.29, 1.82) is 0 Å². The summed E-state index contributed by atoms with van der Waals surface area (Å²) in [5.41, 5.74) is -0.433. The van der Waals surface area contributed by atoms with Crippen molar-refractivity contribution in [2.45, 2.75) is 110 Å². The largest absolute Gasteiger partial charge is 0.481 e. The molecule has 1 atom stereocenters. The second-order valence-corrected chi connectivity index (χ2v) is 8.76. The lowest BCUT2D eigenvalue weighted by molar-refractivity contribution is -0.165. The van der Waals surface area contributed by atoms with E-state index < -0.39 is 11.6 Å². The highest BCUT2D eigenvalue weighted by molar-refractivity contribution is 5.74. The highest BCUT2D eigenvalue weighted by Gasteiger charge is 2.33. The van der Waals surface area contributed by atoms with Gasteiger partial charge in [0.25, 0.3) is 0 Å². The van der Waals surface area contributed by atoms with Crippen LogP contribution >= 0.6 is 0 Å². The van der Waals surface area contributed by atoms with Crippen molar-refractivity contribution in [3.05, 3.63) is 0 Å². The predicted molar refractivity (Wildman–Crippen MR) is 105 cm³/mol. The van der Waals surface area contributed by atoms with Crippen LogP contribution < -0.4 is 0 Å². The molecule has 0 saturated heterocycles. The van der Waals surface area contributed by atoms with Crippen LogP contribution in [0.2, 0.25) is 0 Å². The molecule has 0 aromatic rings. The Morgan fingerprint density at radius 2 is 1.58 bits per heavy atom. The lowest BCUT2D eigenvalue weighted by Gasteiger charge is -2.31. The highest BCUT2D eigenvalue weighted by atomic mass is 16.6. The lowest BCUT2D eigenvalue weighted by atomic mass is 9.82. The summed E-state index contributed by atoms with van der Waals surface area (Å²) >= 11 is 0. The van der Waals surface area contributed by atoms with Crippen LogP contribution in [0.5, 0.6) is 0 Å². The van der Waals surface area contributed by atoms with E-state index in [1.807, 2.05) is 13.8 Å². The number of hydrogen-bond acceptors (Lipinski definition) is 3. The summed E-state index contributed by atoms with van der Waals surface area (Å²) in [6.07, 6.45) is 12.1. The fourth-order valence-corrected chi connectivity index (χ4v) is 4.06. The Morgan fingerprint density at radius 1 is 0.962 bits per heavy atom. The van der Waals surface area contributed by atoms with Gasteiger partial charge in [0.2, 0.25) is 0 Å². The monoisotopic (exact) mass is 368 g/mol. The number of ether oxygens (including phenoxy) is 1. The average Bonchev–Trinajstić information content (AvgIpc) is 2.59. The molecule has 0 spiro atoms. The Kier molecular flexibility index (Phi) is 10.3. The van der Waals surface area contributed by atoms with E-state index >= 15 is 0 Å². The normalized spacial score (nSPS) is 22.0. The molecule has 4 heteroatoms. The topological polar surface area (TPSA) is 63.6 Å². The molecule has 0 aromatic carbocycles. The number of carboxylic acids is 1. The summed E-state index contributed by atoms with van der Waals surface area (Å²) in [4.78, 5) is 23.5. The number of carbonyl (C=O) groups is 2. The van der Waals surface area contributed by atoms with Gasteiger partial charge in [-0.25, -0.2) is 0 Å². The number of hydrogen-bond donors (Lipinski definition) is 1. The van der Waals surface area contributed by atoms with E-state index in [4.69, 9.17) is 9.84 Å². The van der Waals surface area contributed by atoms with Crippen LogP contribution in [0.25, 0.3) is 0 Å². The molecule has 26 heavy (non-hydrogen) atoms. The smallest absolute Gasteiger partial charge is 0.309 e. The second kappa shape index (κ2) is 11.6. The van der Waals surface area contributed by atoms with Gasteiger partial charge in [-0.15, -0.1) is 0 Å². The van der Waals surface area contributed by atoms with Crippen molar-refractivity contribution in [2.75, 3.05) is 0 Å². The van der Waals surface area contributed by atoms with Crippen molar-refractivity contribution < 1.29 is 19.4 Å². The first-order valence-corrected chi connectivity index (χ1v) is 10.7. The number of carbonyl (C=O) groups excluding carboxylic acids is 1. The van der Waals surface area contributed by atoms with Gasteiger partial charge in [0.15, 0.2) is 0 Å². The Morgan fingerprint density at radius 3 is 2.12 bits per heavy atom. The van der Waals surface area contributed by atoms with Crippen LogP contribution in [0.4, 0.5) is 0 Å². The van der Waals surface area contributed by atoms with Crippen LogP contribution in [0.1, 0.15) is 105 Å². The minimum absolute atomic E-state index is 0.124. The third-order valence-corrected chi connectivity index (χ3v) is 5.85. The van der Waals surface area contributed by atoms with E-state index in [0.717, 1.165) is 18.8 Å². The minimum atomic E-state index is -0.734. The van der Waals surface area contributed by atoms with Crippen molar-refractivity contribution in [1.82, 2.24) is 0 Å². The molecular weight excluding hydrogens is 328 g/mol. The zero-order valence-corrected chi connectivity index (χ0v) is 17.4. The minimum Gasteiger partial charge on any atom is -0.481 e. The van der Waals surface area contributed by atoms with E-state index in [0.29, 0.717) is 25.7 Å². The molecule has 1 unspecified atom stereocenters. The SMILES string of the molecule is CCCCCC(CCC)CCC(C)(C)OC(=O)C1CCC(C(=O)O)CC1. The molecule has 1 saturated carbocycles. The Balaban J connectivity index is 2.41. The van der Waals surface area contributed by atoms with Gasteiger partial charge in [-0.1, -0.05) is 52.4 Å². The van der Waals surface area contributed by atoms with Gasteiger partial charge in [-0.2, -0.15) is 0 Å². The zero-order valence-electron chi connectivity index (χ0n) is 17.4. The van der Waals surface area contributed by atoms with Crippen LogP contribution in [0.3, 0.4) is 0 Å². The quantitative estimate of drug-likeness (QED) is 0.340. The van der Waals surface area contributed by atoms with Gasteiger partial charge in [0.1, 0.15) is 5.60 Å². The molecule has 0 amide bonds. The molecule has 0 aromatic heterocycles. The van der Waals surface area contributed by atoms with E-state index in [-0.39, 0.29) is 17.8 Å². The number of esters is 1. The Labute approximate surface area is 160 Å². The lowest BCUT2D eigenvalue weighted by Crippen LogP contribution is -2.34. The van der Waals surface area contributed by atoms with E-state index in [1.54, 1.807) is 0 Å². The second-order valence-electron chi connectivity index (χ2n) is 8.76. The van der Waals surface area contributed by atoms with Gasteiger partial charge >= 0.3 is 11.9 Å². The summed E-state index contributed by atoms with van der Waals surface area (Å²) < 4.78 is 5.84. The Hall–Kier alpha value is -1.06. The number of aliphatic carboxylic acids is 1. The van der Waals surface area contributed by atoms with Crippen molar-refractivity contribution in [3.8, 4) is 0 Å². The first-order chi connectivity index (χ1) is 12.3. The van der Waals surface area contributed by atoms with Gasteiger partial charge in [-0.05, 0) is 58.3 Å². The van der Waals surface area contributed by atoms with Crippen molar-refractivity contribution >= 4 is 11.9 Å². The molecule has 1 fully saturated rings. The highest BCUT2D eigenvalue weighted by Crippen LogP contribution is 2.32. The van der Waals surface area contributed by atoms with Crippen molar-refractivity contribution in [3.63, 3.8) is 0 Å². The summed E-state index contributed by atoms with van der Waals surface area (Å²) in [6, 6.07) is 0. The summed E-state index contributed by atoms with van der Waals surface area (Å²) in [7, 11) is 0. The van der Waals surface area contributed by atoms with Crippen LogP contribution in [-0.4, -0.2) is 22.6 Å². The third kappa shape index (κ3) is 8.55. The molecule has 0 aliphatic heterocycles. The van der Waals surface area contributed by atoms with E-state index in [2.05, 4.69) is 13.8 Å². The molecule has 0 bridgehead atoms. The molecule has 1 aliphatic carbocycles. The zero-order chi connectivity index (χ0) is 19.6. The molecule has 1 N–H and O–H groups in total. The predicted octanol–water partition coefficient (Wildman–Crippen LogP) is 5.98. The molecule has 4 nitrogen and oxygen atoms in total. The average molecular weight is 369 g/mol. The van der Waals surface area contributed by atoms with Crippen LogP contribution in [0, 0.1) is 17.8 Å². The third-order valence-electron chi connectivity index (χ3n) is 5.85. The summed E-state index contributed by atoms with van der Waals surface area (Å²) in [6.45, 7) is 8.51. The first kappa shape index (κ1) is 23.0. The molecule has 0 radical (unpaired) electrons. The van der Waals surface area contributed by atoms with Crippen LogP contribution in [-0.2, 0) is 14.3 Å². The molecule has 1 rings (SSSR count). The molecule has 0 heterocycles. The number of rotatable bonds is 12. The van der Waals surface area contributed by atoms with E-state index in [1.165, 1.54) is 38.5 Å². The maximum absolute atomic E-state index is 12.5. The molecular formula is C22H40O4. The first-order valence-electron chi connectivity index (χ1n) is 10.7. The number of carboxylic acid groups (broad SMARTS) is 1. The van der Waals surface area contributed by atoms with Crippen molar-refractivity contribution in [2.24, 2.45) is 17.8 Å². The van der Waals surface area contributed by atoms with E-state index in [9.17, 15) is 9.59 Å². The summed E-state index contributed by atoms with van der Waals surface area (Å²) in [5.74, 6) is -0.541. The molecule has 152 valence electrons.